The predicted octanol–water partition coefficient (Wildman–Crippen LogP) is 4.75. The molecule has 3 rings (SSSR count). The lowest BCUT2D eigenvalue weighted by atomic mass is 10.1. The molecule has 0 aliphatic heterocycles. The molecule has 0 atom stereocenters. The van der Waals surface area contributed by atoms with E-state index in [0.717, 1.165) is 17.3 Å². The number of hydrogen-bond donors (Lipinski definition) is 1. The zero-order chi connectivity index (χ0) is 13.2. The highest BCUT2D eigenvalue weighted by Gasteiger charge is 2.10. The van der Waals surface area contributed by atoms with Gasteiger partial charge in [-0.15, -0.1) is 0 Å². The Bertz CT molecular complexity index is 604. The molecule has 0 fully saturated rings. The third-order valence-corrected chi connectivity index (χ3v) is 4.08. The van der Waals surface area contributed by atoms with E-state index in [1.54, 1.807) is 0 Å². The van der Waals surface area contributed by atoms with Gasteiger partial charge < -0.3 is 5.32 Å². The van der Waals surface area contributed by atoms with E-state index < -0.39 is 0 Å². The van der Waals surface area contributed by atoms with Crippen molar-refractivity contribution in [2.24, 2.45) is 0 Å². The first kappa shape index (κ1) is 12.6. The van der Waals surface area contributed by atoms with Crippen LogP contribution in [0.4, 0.5) is 5.69 Å². The molecule has 0 saturated carbocycles. The summed E-state index contributed by atoms with van der Waals surface area (Å²) in [6, 6.07) is 12.8. The van der Waals surface area contributed by atoms with E-state index in [9.17, 15) is 0 Å². The number of aryl methyl sites for hydroxylation is 3. The van der Waals surface area contributed by atoms with Crippen LogP contribution in [-0.4, -0.2) is 0 Å². The quantitative estimate of drug-likeness (QED) is 0.849. The van der Waals surface area contributed by atoms with Crippen LogP contribution in [0.25, 0.3) is 0 Å². The molecule has 1 aliphatic rings. The second kappa shape index (κ2) is 5.26. The maximum Gasteiger partial charge on any atom is 0.0426 e. The van der Waals surface area contributed by atoms with E-state index in [0.29, 0.717) is 0 Å². The van der Waals surface area contributed by atoms with Crippen molar-refractivity contribution in [3.63, 3.8) is 0 Å². The van der Waals surface area contributed by atoms with Crippen molar-refractivity contribution in [1.82, 2.24) is 0 Å². The second-order valence-electron chi connectivity index (χ2n) is 5.27. The summed E-state index contributed by atoms with van der Waals surface area (Å²) in [5, 5.41) is 4.26. The van der Waals surface area contributed by atoms with Crippen molar-refractivity contribution in [2.75, 3.05) is 5.32 Å². The maximum atomic E-state index is 6.04. The average molecular weight is 272 g/mol. The minimum Gasteiger partial charge on any atom is -0.381 e. The Morgan fingerprint density at radius 2 is 1.89 bits per heavy atom. The van der Waals surface area contributed by atoms with Gasteiger partial charge in [-0.25, -0.2) is 0 Å². The number of rotatable bonds is 3. The van der Waals surface area contributed by atoms with Crippen molar-refractivity contribution in [1.29, 1.82) is 0 Å². The van der Waals surface area contributed by atoms with Gasteiger partial charge in [0.25, 0.3) is 0 Å². The molecule has 1 N–H and O–H groups in total. The average Bonchev–Trinajstić information content (AvgIpc) is 2.87. The number of benzene rings is 2. The van der Waals surface area contributed by atoms with Gasteiger partial charge in [-0.1, -0.05) is 35.9 Å². The molecule has 98 valence electrons. The molecule has 2 aromatic rings. The Kier molecular flexibility index (Phi) is 3.48. The molecule has 0 spiro atoms. The summed E-state index contributed by atoms with van der Waals surface area (Å²) < 4.78 is 0. The molecule has 1 aliphatic carbocycles. The van der Waals surface area contributed by atoms with Crippen molar-refractivity contribution in [2.45, 2.75) is 32.7 Å². The van der Waals surface area contributed by atoms with Gasteiger partial charge >= 0.3 is 0 Å². The van der Waals surface area contributed by atoms with E-state index >= 15 is 0 Å². The van der Waals surface area contributed by atoms with Crippen LogP contribution < -0.4 is 5.32 Å². The first-order chi connectivity index (χ1) is 9.22. The summed E-state index contributed by atoms with van der Waals surface area (Å²) in [6.07, 6.45) is 3.79. The number of halogens is 1. The Morgan fingerprint density at radius 3 is 2.79 bits per heavy atom. The third kappa shape index (κ3) is 2.76. The third-order valence-electron chi connectivity index (χ3n) is 3.85. The van der Waals surface area contributed by atoms with Gasteiger partial charge in [0.05, 0.1) is 0 Å². The lowest BCUT2D eigenvalue weighted by Crippen LogP contribution is -2.01. The number of fused-ring (bicyclic) bond motifs is 1. The Hall–Kier alpha value is -1.47. The van der Waals surface area contributed by atoms with Crippen molar-refractivity contribution >= 4 is 17.3 Å². The number of anilines is 1. The molecule has 0 aromatic heterocycles. The van der Waals surface area contributed by atoms with Crippen LogP contribution >= 0.6 is 11.6 Å². The monoisotopic (exact) mass is 271 g/mol. The zero-order valence-electron chi connectivity index (χ0n) is 11.2. The van der Waals surface area contributed by atoms with Gasteiger partial charge in [-0.3, -0.25) is 0 Å². The van der Waals surface area contributed by atoms with Crippen LogP contribution in [0.3, 0.4) is 0 Å². The molecule has 2 aromatic carbocycles. The number of hydrogen-bond acceptors (Lipinski definition) is 1. The standard InChI is InChI=1S/C17H18ClN/c1-12-5-8-16(18)10-17(12)19-11-13-6-7-14-3-2-4-15(14)9-13/h5-10,19H,2-4,11H2,1H3. The largest absolute Gasteiger partial charge is 0.381 e. The molecule has 0 unspecified atom stereocenters. The van der Waals surface area contributed by atoms with Crippen LogP contribution in [0.1, 0.15) is 28.7 Å². The van der Waals surface area contributed by atoms with Crippen LogP contribution in [0.5, 0.6) is 0 Å². The molecule has 0 bridgehead atoms. The van der Waals surface area contributed by atoms with E-state index in [1.165, 1.54) is 41.5 Å². The summed E-state index contributed by atoms with van der Waals surface area (Å²) in [4.78, 5) is 0. The summed E-state index contributed by atoms with van der Waals surface area (Å²) in [7, 11) is 0. The van der Waals surface area contributed by atoms with Crippen LogP contribution in [0, 0.1) is 6.92 Å². The van der Waals surface area contributed by atoms with Gasteiger partial charge in [-0.2, -0.15) is 0 Å². The van der Waals surface area contributed by atoms with Crippen LogP contribution in [0.15, 0.2) is 36.4 Å². The SMILES string of the molecule is Cc1ccc(Cl)cc1NCc1ccc2c(c1)CCC2. The van der Waals surface area contributed by atoms with E-state index in [2.05, 4.69) is 30.4 Å². The van der Waals surface area contributed by atoms with Crippen molar-refractivity contribution < 1.29 is 0 Å². The van der Waals surface area contributed by atoms with Crippen molar-refractivity contribution in [3.05, 3.63) is 63.7 Å². The second-order valence-corrected chi connectivity index (χ2v) is 5.71. The lowest BCUT2D eigenvalue weighted by molar-refractivity contribution is 0.911. The smallest absolute Gasteiger partial charge is 0.0426 e. The van der Waals surface area contributed by atoms with Gasteiger partial charge in [0.1, 0.15) is 0 Å². The summed E-state index contributed by atoms with van der Waals surface area (Å²) in [5.74, 6) is 0. The maximum absolute atomic E-state index is 6.04. The van der Waals surface area contributed by atoms with Crippen LogP contribution in [-0.2, 0) is 19.4 Å². The fraction of sp³-hybridized carbons (Fsp3) is 0.294. The van der Waals surface area contributed by atoms with Gasteiger partial charge in [0, 0.05) is 17.3 Å². The molecule has 1 nitrogen and oxygen atoms in total. The van der Waals surface area contributed by atoms with E-state index in [-0.39, 0.29) is 0 Å². The van der Waals surface area contributed by atoms with Gasteiger partial charge in [0.15, 0.2) is 0 Å². The number of nitrogens with one attached hydrogen (secondary N) is 1. The minimum absolute atomic E-state index is 0.780. The topological polar surface area (TPSA) is 12.0 Å². The van der Waals surface area contributed by atoms with Crippen molar-refractivity contribution in [3.8, 4) is 0 Å². The molecule has 19 heavy (non-hydrogen) atoms. The Labute approximate surface area is 119 Å². The molecule has 0 amide bonds. The molecule has 0 radical (unpaired) electrons. The first-order valence-corrected chi connectivity index (χ1v) is 7.21. The summed E-state index contributed by atoms with van der Waals surface area (Å²) >= 11 is 6.04. The fourth-order valence-corrected chi connectivity index (χ4v) is 2.89. The lowest BCUT2D eigenvalue weighted by Gasteiger charge is -2.11. The summed E-state index contributed by atoms with van der Waals surface area (Å²) in [6.45, 7) is 2.95. The highest BCUT2D eigenvalue weighted by Crippen LogP contribution is 2.24. The van der Waals surface area contributed by atoms with E-state index in [1.807, 2.05) is 18.2 Å². The van der Waals surface area contributed by atoms with Crippen LogP contribution in [0.2, 0.25) is 5.02 Å². The fourth-order valence-electron chi connectivity index (χ4n) is 2.72. The zero-order valence-corrected chi connectivity index (χ0v) is 11.9. The van der Waals surface area contributed by atoms with E-state index in [4.69, 9.17) is 11.6 Å². The minimum atomic E-state index is 0.780. The predicted molar refractivity (Wildman–Crippen MR) is 82.0 cm³/mol. The van der Waals surface area contributed by atoms with Gasteiger partial charge in [-0.05, 0) is 60.6 Å². The molecule has 2 heteroatoms. The molecular weight excluding hydrogens is 254 g/mol. The highest BCUT2D eigenvalue weighted by molar-refractivity contribution is 6.30. The Morgan fingerprint density at radius 1 is 1.05 bits per heavy atom. The highest BCUT2D eigenvalue weighted by atomic mass is 35.5. The summed E-state index contributed by atoms with van der Waals surface area (Å²) in [5.41, 5.74) is 6.75. The molecular formula is C17H18ClN. The first-order valence-electron chi connectivity index (χ1n) is 6.83. The normalized spacial score (nSPS) is 13.4. The molecule has 0 saturated heterocycles. The Balaban J connectivity index is 1.74. The van der Waals surface area contributed by atoms with Gasteiger partial charge in [0.2, 0.25) is 0 Å². The molecule has 0 heterocycles.